The number of aliphatic hydroxyl groups excluding tert-OH is 1. The first-order valence-electron chi connectivity index (χ1n) is 13.1. The van der Waals surface area contributed by atoms with Crippen molar-refractivity contribution in [3.63, 3.8) is 0 Å². The molecule has 1 fully saturated rings. The average molecular weight is 558 g/mol. The highest BCUT2D eigenvalue weighted by Gasteiger charge is 2.48. The van der Waals surface area contributed by atoms with Crippen molar-refractivity contribution >= 4 is 44.1 Å². The number of aromatic nitrogens is 2. The summed E-state index contributed by atoms with van der Waals surface area (Å²) in [6.45, 7) is 8.75. The van der Waals surface area contributed by atoms with Crippen molar-refractivity contribution in [3.8, 4) is 11.5 Å². The lowest BCUT2D eigenvalue weighted by molar-refractivity contribution is -0.132. The number of fused-ring (bicyclic) bond motifs is 1. The molecule has 1 amide bonds. The van der Waals surface area contributed by atoms with Crippen LogP contribution in [0, 0.1) is 19.8 Å². The third-order valence-corrected chi connectivity index (χ3v) is 7.88. The highest BCUT2D eigenvalue weighted by Crippen LogP contribution is 2.46. The van der Waals surface area contributed by atoms with Crippen molar-refractivity contribution in [2.24, 2.45) is 5.92 Å². The van der Waals surface area contributed by atoms with Gasteiger partial charge in [-0.2, -0.15) is 0 Å². The van der Waals surface area contributed by atoms with Crippen LogP contribution in [0.15, 0.2) is 60.4 Å². The fraction of sp³-hybridized carbons (Fsp3) is 0.290. The number of carbonyl (C=O) groups excluding carboxylic acids is 2. The van der Waals surface area contributed by atoms with Gasteiger partial charge in [0.1, 0.15) is 5.76 Å². The van der Waals surface area contributed by atoms with Gasteiger partial charge in [-0.15, -0.1) is 0 Å². The molecule has 0 spiro atoms. The summed E-state index contributed by atoms with van der Waals surface area (Å²) < 4.78 is 12.5. The Hall–Kier alpha value is -4.24. The van der Waals surface area contributed by atoms with Gasteiger partial charge >= 0.3 is 5.91 Å². The van der Waals surface area contributed by atoms with E-state index in [1.807, 2.05) is 26.0 Å². The van der Waals surface area contributed by atoms with Gasteiger partial charge in [-0.1, -0.05) is 37.3 Å². The topological polar surface area (TPSA) is 102 Å². The van der Waals surface area contributed by atoms with Gasteiger partial charge in [0, 0.05) is 18.0 Å². The first-order valence-corrected chi connectivity index (χ1v) is 13.9. The Kier molecular flexibility index (Phi) is 7.58. The quantitative estimate of drug-likeness (QED) is 0.153. The monoisotopic (exact) mass is 557 g/mol. The zero-order valence-electron chi connectivity index (χ0n) is 23.1. The molecule has 0 aliphatic carbocycles. The van der Waals surface area contributed by atoms with Gasteiger partial charge in [0.2, 0.25) is 0 Å². The lowest BCUT2D eigenvalue weighted by atomic mass is 9.95. The van der Waals surface area contributed by atoms with Crippen LogP contribution in [0.4, 0.5) is 5.13 Å². The van der Waals surface area contributed by atoms with Gasteiger partial charge in [0.05, 0.1) is 35.5 Å². The number of hydrogen-bond donors (Lipinski definition) is 1. The Bertz CT molecular complexity index is 1630. The summed E-state index contributed by atoms with van der Waals surface area (Å²) in [5.74, 6) is -0.319. The number of ketones is 1. The van der Waals surface area contributed by atoms with Crippen LogP contribution in [0.5, 0.6) is 11.5 Å². The number of aryl methyl sites for hydroxylation is 2. The van der Waals surface area contributed by atoms with E-state index < -0.39 is 17.7 Å². The largest absolute Gasteiger partial charge is 0.507 e. The summed E-state index contributed by atoms with van der Waals surface area (Å²) in [5, 5.41) is 11.7. The summed E-state index contributed by atoms with van der Waals surface area (Å²) >= 11 is 1.34. The number of anilines is 1. The lowest BCUT2D eigenvalue weighted by Gasteiger charge is -2.24. The van der Waals surface area contributed by atoms with Crippen LogP contribution in [-0.2, 0) is 9.59 Å². The molecule has 2 aromatic carbocycles. The summed E-state index contributed by atoms with van der Waals surface area (Å²) in [5.41, 5.74) is 3.76. The van der Waals surface area contributed by atoms with Crippen molar-refractivity contribution in [2.75, 3.05) is 18.6 Å². The molecule has 5 rings (SSSR count). The molecule has 3 heterocycles. The smallest absolute Gasteiger partial charge is 0.301 e. The van der Waals surface area contributed by atoms with Crippen LogP contribution in [0.1, 0.15) is 48.6 Å². The maximum Gasteiger partial charge on any atom is 0.301 e. The normalized spacial score (nSPS) is 16.8. The van der Waals surface area contributed by atoms with Crippen LogP contribution < -0.4 is 14.4 Å². The molecule has 9 heteroatoms. The van der Waals surface area contributed by atoms with Gasteiger partial charge in [0.25, 0.3) is 5.78 Å². The molecule has 40 heavy (non-hydrogen) atoms. The molecule has 4 aromatic rings. The molecule has 1 aliphatic rings. The molecular formula is C31H31N3O5S. The maximum atomic E-state index is 13.6. The third kappa shape index (κ3) is 5.04. The second-order valence-electron chi connectivity index (χ2n) is 10.3. The van der Waals surface area contributed by atoms with E-state index in [1.165, 1.54) is 28.6 Å². The predicted octanol–water partition coefficient (Wildman–Crippen LogP) is 6.37. The fourth-order valence-electron chi connectivity index (χ4n) is 4.85. The van der Waals surface area contributed by atoms with E-state index in [1.54, 1.807) is 37.4 Å². The van der Waals surface area contributed by atoms with Crippen molar-refractivity contribution < 1.29 is 24.2 Å². The van der Waals surface area contributed by atoms with Crippen molar-refractivity contribution in [1.29, 1.82) is 0 Å². The molecule has 2 aromatic heterocycles. The number of pyridine rings is 1. The molecule has 0 radical (unpaired) electrons. The standard InChI is InChI=1S/C31H31N3O5S/c1-17(2)10-13-39-22-7-6-21(16-23(22)38-5)27-25(28(35)20-8-11-32-12-9-20)29(36)30(37)34(27)31-33-26-19(4)14-18(3)15-24(26)40-31/h6-9,11-12,14-17,27,35H,10,13H2,1-5H3. The van der Waals surface area contributed by atoms with E-state index in [-0.39, 0.29) is 11.3 Å². The van der Waals surface area contributed by atoms with Gasteiger partial charge in [-0.3, -0.25) is 19.5 Å². The Labute approximate surface area is 236 Å². The maximum absolute atomic E-state index is 13.6. The average Bonchev–Trinajstić information content (AvgIpc) is 3.47. The summed E-state index contributed by atoms with van der Waals surface area (Å²) in [6, 6.07) is 11.6. The highest BCUT2D eigenvalue weighted by atomic mass is 32.1. The van der Waals surface area contributed by atoms with Crippen LogP contribution in [0.25, 0.3) is 16.0 Å². The molecule has 0 bridgehead atoms. The highest BCUT2D eigenvalue weighted by molar-refractivity contribution is 7.22. The van der Waals surface area contributed by atoms with E-state index in [4.69, 9.17) is 14.5 Å². The SMILES string of the molecule is COc1cc(C2C(=C(O)c3ccncc3)C(=O)C(=O)N2c2nc3c(C)cc(C)cc3s2)ccc1OCCC(C)C. The zero-order valence-corrected chi connectivity index (χ0v) is 23.9. The third-order valence-electron chi connectivity index (χ3n) is 6.88. The summed E-state index contributed by atoms with van der Waals surface area (Å²) in [7, 11) is 1.54. The minimum absolute atomic E-state index is 0.0288. The second-order valence-corrected chi connectivity index (χ2v) is 11.3. The number of ether oxygens (including phenoxy) is 2. The van der Waals surface area contributed by atoms with E-state index in [9.17, 15) is 14.7 Å². The number of amides is 1. The van der Waals surface area contributed by atoms with E-state index in [0.717, 1.165) is 27.8 Å². The number of thiazole rings is 1. The lowest BCUT2D eigenvalue weighted by Crippen LogP contribution is -2.29. The number of aliphatic hydroxyl groups is 1. The Morgan fingerprint density at radius 2 is 1.82 bits per heavy atom. The van der Waals surface area contributed by atoms with E-state index >= 15 is 0 Å². The Balaban J connectivity index is 1.67. The molecule has 1 unspecified atom stereocenters. The zero-order chi connectivity index (χ0) is 28.6. The van der Waals surface area contributed by atoms with Crippen LogP contribution in [-0.4, -0.2) is 40.5 Å². The molecule has 0 saturated carbocycles. The number of methoxy groups -OCH3 is 1. The summed E-state index contributed by atoms with van der Waals surface area (Å²) in [6.07, 6.45) is 3.92. The predicted molar refractivity (Wildman–Crippen MR) is 156 cm³/mol. The minimum Gasteiger partial charge on any atom is -0.507 e. The number of Topliss-reactive ketones (excluding diaryl/α,β-unsaturated/α-hetero) is 1. The number of carbonyl (C=O) groups is 2. The van der Waals surface area contributed by atoms with Gasteiger partial charge < -0.3 is 14.6 Å². The Morgan fingerprint density at radius 1 is 1.07 bits per heavy atom. The van der Waals surface area contributed by atoms with E-state index in [2.05, 4.69) is 18.8 Å². The second kappa shape index (κ2) is 11.1. The molecule has 1 aliphatic heterocycles. The van der Waals surface area contributed by atoms with Gasteiger partial charge in [-0.25, -0.2) is 4.98 Å². The van der Waals surface area contributed by atoms with Crippen LogP contribution >= 0.6 is 11.3 Å². The number of benzene rings is 2. The first-order chi connectivity index (χ1) is 19.2. The minimum atomic E-state index is -0.936. The van der Waals surface area contributed by atoms with Crippen LogP contribution in [0.2, 0.25) is 0 Å². The number of hydrogen-bond acceptors (Lipinski definition) is 8. The molecule has 1 atom stereocenters. The molecule has 1 N–H and O–H groups in total. The van der Waals surface area contributed by atoms with Crippen LogP contribution in [0.3, 0.4) is 0 Å². The first kappa shape index (κ1) is 27.3. The Morgan fingerprint density at radius 3 is 2.52 bits per heavy atom. The molecule has 8 nitrogen and oxygen atoms in total. The molecule has 1 saturated heterocycles. The van der Waals surface area contributed by atoms with E-state index in [0.29, 0.717) is 40.3 Å². The van der Waals surface area contributed by atoms with Gasteiger partial charge in [0.15, 0.2) is 16.6 Å². The van der Waals surface area contributed by atoms with Crippen molar-refractivity contribution in [3.05, 3.63) is 82.7 Å². The van der Waals surface area contributed by atoms with Crippen molar-refractivity contribution in [2.45, 2.75) is 40.2 Å². The molecular weight excluding hydrogens is 526 g/mol. The molecule has 206 valence electrons. The van der Waals surface area contributed by atoms with Crippen molar-refractivity contribution in [1.82, 2.24) is 9.97 Å². The number of nitrogens with zero attached hydrogens (tertiary/aromatic N) is 3. The fourth-order valence-corrected chi connectivity index (χ4v) is 6.02. The van der Waals surface area contributed by atoms with Gasteiger partial charge in [-0.05, 0) is 73.2 Å². The number of rotatable bonds is 8. The summed E-state index contributed by atoms with van der Waals surface area (Å²) in [4.78, 5) is 37.3.